The number of rotatable bonds is 8. The van der Waals surface area contributed by atoms with Gasteiger partial charge < -0.3 is 14.2 Å². The Morgan fingerprint density at radius 1 is 0.862 bits per heavy atom. The highest BCUT2D eigenvalue weighted by Gasteiger charge is 2.20. The van der Waals surface area contributed by atoms with E-state index in [2.05, 4.69) is 4.72 Å². The third kappa shape index (κ3) is 5.24. The van der Waals surface area contributed by atoms with Gasteiger partial charge in [0.25, 0.3) is 0 Å². The lowest BCUT2D eigenvalue weighted by atomic mass is 10.2. The monoisotopic (exact) mass is 417 g/mol. The number of methoxy groups -OCH3 is 2. The van der Waals surface area contributed by atoms with Gasteiger partial charge in [-0.05, 0) is 54.1 Å². The number of hydrogen-bond acceptors (Lipinski definition) is 5. The second-order valence-corrected chi connectivity index (χ2v) is 7.78. The van der Waals surface area contributed by atoms with Crippen LogP contribution in [0, 0.1) is 5.82 Å². The minimum Gasteiger partial charge on any atom is -0.497 e. The first-order chi connectivity index (χ1) is 13.9. The van der Waals surface area contributed by atoms with E-state index in [1.54, 1.807) is 30.3 Å². The quantitative estimate of drug-likeness (QED) is 0.597. The summed E-state index contributed by atoms with van der Waals surface area (Å²) in [5, 5.41) is 0. The van der Waals surface area contributed by atoms with E-state index in [0.29, 0.717) is 22.8 Å². The average Bonchev–Trinajstić information content (AvgIpc) is 2.74. The molecule has 8 heteroatoms. The molecular weight excluding hydrogens is 397 g/mol. The molecule has 0 bridgehead atoms. The van der Waals surface area contributed by atoms with Gasteiger partial charge in [-0.15, -0.1) is 0 Å². The lowest BCUT2D eigenvalue weighted by Gasteiger charge is -2.13. The van der Waals surface area contributed by atoms with Crippen molar-refractivity contribution in [2.75, 3.05) is 14.2 Å². The van der Waals surface area contributed by atoms with Crippen LogP contribution >= 0.6 is 0 Å². The van der Waals surface area contributed by atoms with Gasteiger partial charge in [-0.1, -0.05) is 12.1 Å². The molecule has 1 N–H and O–H groups in total. The fourth-order valence-corrected chi connectivity index (χ4v) is 3.81. The predicted octanol–water partition coefficient (Wildman–Crippen LogP) is 4.11. The molecule has 0 unspecified atom stereocenters. The molecule has 0 heterocycles. The normalized spacial score (nSPS) is 11.1. The van der Waals surface area contributed by atoms with Crippen molar-refractivity contribution in [1.82, 2.24) is 4.72 Å². The molecule has 3 aromatic rings. The second-order valence-electron chi connectivity index (χ2n) is 6.04. The highest BCUT2D eigenvalue weighted by molar-refractivity contribution is 7.89. The van der Waals surface area contributed by atoms with Crippen LogP contribution in [0.25, 0.3) is 0 Å². The Bertz CT molecular complexity index is 1080. The van der Waals surface area contributed by atoms with E-state index in [9.17, 15) is 12.8 Å². The lowest BCUT2D eigenvalue weighted by Crippen LogP contribution is -2.23. The van der Waals surface area contributed by atoms with Crippen LogP contribution in [0.15, 0.2) is 71.6 Å². The summed E-state index contributed by atoms with van der Waals surface area (Å²) >= 11 is 0. The molecule has 0 aliphatic rings. The van der Waals surface area contributed by atoms with Crippen molar-refractivity contribution in [2.24, 2.45) is 0 Å². The van der Waals surface area contributed by atoms with E-state index >= 15 is 0 Å². The summed E-state index contributed by atoms with van der Waals surface area (Å²) in [5.74, 6) is 1.25. The summed E-state index contributed by atoms with van der Waals surface area (Å²) in [6, 6.07) is 17.1. The Balaban J connectivity index is 1.75. The number of ether oxygens (including phenoxy) is 3. The Hall–Kier alpha value is -3.10. The first-order valence-electron chi connectivity index (χ1n) is 8.65. The molecule has 0 aromatic heterocycles. The Morgan fingerprint density at radius 2 is 1.59 bits per heavy atom. The summed E-state index contributed by atoms with van der Waals surface area (Å²) in [5.41, 5.74) is 0.690. The number of sulfonamides is 1. The molecule has 0 saturated carbocycles. The predicted molar refractivity (Wildman–Crippen MR) is 106 cm³/mol. The van der Waals surface area contributed by atoms with E-state index in [4.69, 9.17) is 14.2 Å². The number of hydrogen-bond donors (Lipinski definition) is 1. The Morgan fingerprint density at radius 3 is 2.28 bits per heavy atom. The molecular formula is C21H20FNO5S. The minimum absolute atomic E-state index is 0.0157. The summed E-state index contributed by atoms with van der Waals surface area (Å²) < 4.78 is 57.0. The molecule has 0 atom stereocenters. The van der Waals surface area contributed by atoms with Crippen LogP contribution < -0.4 is 18.9 Å². The standard InChI is InChI=1S/C21H20FNO5S/c1-26-18-10-11-20(27-2)21(13-18)29(24,25)23-14-15-4-3-5-19(12-15)28-17-8-6-16(22)7-9-17/h3-13,23H,14H2,1-2H3. The molecule has 6 nitrogen and oxygen atoms in total. The fraction of sp³-hybridized carbons (Fsp3) is 0.143. The smallest absolute Gasteiger partial charge is 0.244 e. The van der Waals surface area contributed by atoms with Crippen molar-refractivity contribution in [3.05, 3.63) is 78.1 Å². The van der Waals surface area contributed by atoms with Crippen LogP contribution in [0.4, 0.5) is 4.39 Å². The molecule has 3 aromatic carbocycles. The van der Waals surface area contributed by atoms with Crippen molar-refractivity contribution in [1.29, 1.82) is 0 Å². The van der Waals surface area contributed by atoms with Crippen molar-refractivity contribution in [3.63, 3.8) is 0 Å². The van der Waals surface area contributed by atoms with E-state index in [1.807, 2.05) is 0 Å². The van der Waals surface area contributed by atoms with E-state index in [0.717, 1.165) is 0 Å². The topological polar surface area (TPSA) is 73.9 Å². The number of nitrogens with one attached hydrogen (secondary N) is 1. The molecule has 3 rings (SSSR count). The van der Waals surface area contributed by atoms with Crippen molar-refractivity contribution in [3.8, 4) is 23.0 Å². The van der Waals surface area contributed by atoms with Crippen molar-refractivity contribution >= 4 is 10.0 Å². The molecule has 0 aliphatic carbocycles. The first kappa shape index (κ1) is 20.6. The van der Waals surface area contributed by atoms with Crippen molar-refractivity contribution in [2.45, 2.75) is 11.4 Å². The maximum absolute atomic E-state index is 13.0. The van der Waals surface area contributed by atoms with Gasteiger partial charge in [0.05, 0.1) is 14.2 Å². The van der Waals surface area contributed by atoms with Gasteiger partial charge in [0, 0.05) is 12.6 Å². The van der Waals surface area contributed by atoms with E-state index < -0.39 is 10.0 Å². The molecule has 0 amide bonds. The lowest BCUT2D eigenvalue weighted by molar-refractivity contribution is 0.392. The third-order valence-corrected chi connectivity index (χ3v) is 5.50. The van der Waals surface area contributed by atoms with Crippen LogP contribution in [0.3, 0.4) is 0 Å². The van der Waals surface area contributed by atoms with Crippen LogP contribution in [-0.2, 0) is 16.6 Å². The van der Waals surface area contributed by atoms with E-state index in [1.165, 1.54) is 50.6 Å². The fourth-order valence-electron chi connectivity index (χ4n) is 2.61. The molecule has 0 fully saturated rings. The van der Waals surface area contributed by atoms with E-state index in [-0.39, 0.29) is 23.0 Å². The first-order valence-corrected chi connectivity index (χ1v) is 10.1. The van der Waals surface area contributed by atoms with Crippen LogP contribution in [0.2, 0.25) is 0 Å². The van der Waals surface area contributed by atoms with Crippen LogP contribution in [0.1, 0.15) is 5.56 Å². The highest BCUT2D eigenvalue weighted by atomic mass is 32.2. The summed E-state index contributed by atoms with van der Waals surface area (Å²) in [4.78, 5) is -0.0157. The van der Waals surface area contributed by atoms with Crippen LogP contribution in [-0.4, -0.2) is 22.6 Å². The third-order valence-electron chi connectivity index (χ3n) is 4.07. The maximum atomic E-state index is 13.0. The van der Waals surface area contributed by atoms with Gasteiger partial charge in [0.2, 0.25) is 10.0 Å². The zero-order chi connectivity index (χ0) is 20.9. The summed E-state index contributed by atoms with van der Waals surface area (Å²) in [6.07, 6.45) is 0. The number of halogens is 1. The number of benzene rings is 3. The summed E-state index contributed by atoms with van der Waals surface area (Å²) in [6.45, 7) is 0.0450. The molecule has 0 aliphatic heterocycles. The van der Waals surface area contributed by atoms with Gasteiger partial charge in [0.15, 0.2) is 0 Å². The van der Waals surface area contributed by atoms with Crippen molar-refractivity contribution < 1.29 is 27.0 Å². The van der Waals surface area contributed by atoms with Crippen LogP contribution in [0.5, 0.6) is 23.0 Å². The average molecular weight is 417 g/mol. The highest BCUT2D eigenvalue weighted by Crippen LogP contribution is 2.28. The molecule has 29 heavy (non-hydrogen) atoms. The molecule has 152 valence electrons. The molecule has 0 radical (unpaired) electrons. The summed E-state index contributed by atoms with van der Waals surface area (Å²) in [7, 11) is -0.991. The van der Waals surface area contributed by atoms with Gasteiger partial charge in [0.1, 0.15) is 33.7 Å². The SMILES string of the molecule is COc1ccc(OC)c(S(=O)(=O)NCc2cccc(Oc3ccc(F)cc3)c2)c1. The van der Waals surface area contributed by atoms with Gasteiger partial charge in [-0.25, -0.2) is 17.5 Å². The maximum Gasteiger partial charge on any atom is 0.244 e. The molecule has 0 saturated heterocycles. The van der Waals surface area contributed by atoms with Gasteiger partial charge in [-0.3, -0.25) is 0 Å². The Kier molecular flexibility index (Phi) is 6.36. The Labute approximate surface area is 168 Å². The zero-order valence-electron chi connectivity index (χ0n) is 15.9. The largest absolute Gasteiger partial charge is 0.497 e. The van der Waals surface area contributed by atoms with Gasteiger partial charge in [-0.2, -0.15) is 0 Å². The second kappa shape index (κ2) is 8.93. The van der Waals surface area contributed by atoms with Gasteiger partial charge >= 0.3 is 0 Å². The zero-order valence-corrected chi connectivity index (χ0v) is 16.7. The minimum atomic E-state index is -3.85. The molecule has 0 spiro atoms.